The summed E-state index contributed by atoms with van der Waals surface area (Å²) < 4.78 is 5.98. The van der Waals surface area contributed by atoms with Crippen molar-refractivity contribution in [2.45, 2.75) is 39.0 Å². The number of hydrogen-bond acceptors (Lipinski definition) is 5. The summed E-state index contributed by atoms with van der Waals surface area (Å²) in [6, 6.07) is 8.74. The van der Waals surface area contributed by atoms with E-state index in [0.29, 0.717) is 6.04 Å². The molecule has 0 amide bonds. The van der Waals surface area contributed by atoms with Crippen LogP contribution in [0.4, 0.5) is 0 Å². The molecule has 1 atom stereocenters. The van der Waals surface area contributed by atoms with Crippen molar-refractivity contribution >= 4 is 33.8 Å². The molecule has 0 bridgehead atoms. The van der Waals surface area contributed by atoms with Gasteiger partial charge in [-0.1, -0.05) is 12.1 Å². The number of hydrogen-bond donors (Lipinski definition) is 0. The minimum atomic E-state index is 0.376. The standard InChI is InChI=1S/C16H19N5S2/c1-2-19-10-17-21(16(19)22)11-20-9-5-7-13(20)15-18-12-6-3-4-8-14(12)23-15/h3-4,6,8,10,13H,2,5,7,9,11H2,1H3. The molecule has 1 unspecified atom stereocenters. The Labute approximate surface area is 144 Å². The second kappa shape index (κ2) is 6.14. The molecule has 1 aliphatic heterocycles. The summed E-state index contributed by atoms with van der Waals surface area (Å²) >= 11 is 7.30. The van der Waals surface area contributed by atoms with Gasteiger partial charge in [0.2, 0.25) is 0 Å². The smallest absolute Gasteiger partial charge is 0.198 e. The molecule has 7 heteroatoms. The van der Waals surface area contributed by atoms with Crippen molar-refractivity contribution in [1.29, 1.82) is 0 Å². The highest BCUT2D eigenvalue weighted by atomic mass is 32.1. The largest absolute Gasteiger partial charge is 0.307 e. The number of aryl methyl sites for hydroxylation is 1. The SMILES string of the molecule is CCn1cnn(CN2CCCC2c2nc3ccccc3s2)c1=S. The van der Waals surface area contributed by atoms with Gasteiger partial charge in [-0.25, -0.2) is 9.67 Å². The predicted octanol–water partition coefficient (Wildman–Crippen LogP) is 3.84. The number of benzene rings is 1. The molecule has 0 radical (unpaired) electrons. The minimum absolute atomic E-state index is 0.376. The summed E-state index contributed by atoms with van der Waals surface area (Å²) in [5.41, 5.74) is 1.10. The molecule has 1 aliphatic rings. The summed E-state index contributed by atoms with van der Waals surface area (Å²) in [5, 5.41) is 5.65. The number of nitrogens with zero attached hydrogens (tertiary/aromatic N) is 5. The van der Waals surface area contributed by atoms with Crippen LogP contribution in [0, 0.1) is 4.77 Å². The summed E-state index contributed by atoms with van der Waals surface area (Å²) in [6.45, 7) is 4.76. The minimum Gasteiger partial charge on any atom is -0.307 e. The van der Waals surface area contributed by atoms with Gasteiger partial charge in [0.25, 0.3) is 0 Å². The third-order valence-corrected chi connectivity index (χ3v) is 6.00. The van der Waals surface area contributed by atoms with Crippen LogP contribution in [0.25, 0.3) is 10.2 Å². The monoisotopic (exact) mass is 345 g/mol. The van der Waals surface area contributed by atoms with Gasteiger partial charge >= 0.3 is 0 Å². The zero-order valence-electron chi connectivity index (χ0n) is 13.1. The molecule has 120 valence electrons. The summed E-state index contributed by atoms with van der Waals surface area (Å²) in [7, 11) is 0. The van der Waals surface area contributed by atoms with E-state index in [-0.39, 0.29) is 0 Å². The van der Waals surface area contributed by atoms with Gasteiger partial charge in [-0.05, 0) is 44.1 Å². The van der Waals surface area contributed by atoms with Crippen LogP contribution in [0.3, 0.4) is 0 Å². The number of aromatic nitrogens is 4. The maximum absolute atomic E-state index is 5.49. The average molecular weight is 345 g/mol. The maximum atomic E-state index is 5.49. The fourth-order valence-corrected chi connectivity index (χ4v) is 4.58. The van der Waals surface area contributed by atoms with E-state index in [4.69, 9.17) is 17.2 Å². The molecule has 1 fully saturated rings. The lowest BCUT2D eigenvalue weighted by Crippen LogP contribution is -2.27. The number of thiazole rings is 1. The normalized spacial score (nSPS) is 18.9. The van der Waals surface area contributed by atoms with Crippen LogP contribution >= 0.6 is 23.6 Å². The van der Waals surface area contributed by atoms with Gasteiger partial charge in [-0.2, -0.15) is 5.10 Å². The zero-order valence-corrected chi connectivity index (χ0v) is 14.7. The van der Waals surface area contributed by atoms with E-state index in [9.17, 15) is 0 Å². The Hall–Kier alpha value is -1.57. The van der Waals surface area contributed by atoms with Gasteiger partial charge in [0.05, 0.1) is 22.9 Å². The molecule has 1 aromatic carbocycles. The van der Waals surface area contributed by atoms with Crippen molar-refractivity contribution < 1.29 is 0 Å². The molecule has 3 heterocycles. The molecule has 23 heavy (non-hydrogen) atoms. The van der Waals surface area contributed by atoms with Crippen LogP contribution in [0.5, 0.6) is 0 Å². The fraction of sp³-hybridized carbons (Fsp3) is 0.438. The molecule has 3 aromatic rings. The first kappa shape index (κ1) is 15.0. The molecular weight excluding hydrogens is 326 g/mol. The molecule has 0 spiro atoms. The first-order valence-corrected chi connectivity index (χ1v) is 9.20. The molecule has 2 aromatic heterocycles. The Bertz CT molecular complexity index is 845. The van der Waals surface area contributed by atoms with Gasteiger partial charge in [0.15, 0.2) is 4.77 Å². The predicted molar refractivity (Wildman–Crippen MR) is 95.0 cm³/mol. The summed E-state index contributed by atoms with van der Waals surface area (Å²) in [5.74, 6) is 0. The lowest BCUT2D eigenvalue weighted by Gasteiger charge is -2.22. The van der Waals surface area contributed by atoms with E-state index in [1.165, 1.54) is 16.1 Å². The van der Waals surface area contributed by atoms with Gasteiger partial charge in [-0.15, -0.1) is 11.3 Å². The third-order valence-electron chi connectivity index (χ3n) is 4.41. The van der Waals surface area contributed by atoms with Crippen molar-refractivity contribution in [1.82, 2.24) is 24.2 Å². The first-order chi connectivity index (χ1) is 11.3. The van der Waals surface area contributed by atoms with E-state index < -0.39 is 0 Å². The van der Waals surface area contributed by atoms with Crippen LogP contribution in [0.1, 0.15) is 30.8 Å². The quantitative estimate of drug-likeness (QED) is 0.674. The van der Waals surface area contributed by atoms with E-state index in [1.807, 2.05) is 26.9 Å². The summed E-state index contributed by atoms with van der Waals surface area (Å²) in [6.07, 6.45) is 4.18. The molecule has 0 aliphatic carbocycles. The number of fused-ring (bicyclic) bond motifs is 1. The highest BCUT2D eigenvalue weighted by molar-refractivity contribution is 7.71. The Balaban J connectivity index is 1.61. The van der Waals surface area contributed by atoms with Crippen LogP contribution in [0.15, 0.2) is 30.6 Å². The van der Waals surface area contributed by atoms with Crippen molar-refractivity contribution in [3.63, 3.8) is 0 Å². The maximum Gasteiger partial charge on any atom is 0.198 e. The van der Waals surface area contributed by atoms with E-state index in [0.717, 1.165) is 36.5 Å². The number of rotatable bonds is 4. The van der Waals surface area contributed by atoms with E-state index >= 15 is 0 Å². The average Bonchev–Trinajstić information content (AvgIpc) is 3.26. The number of likely N-dealkylation sites (tertiary alicyclic amines) is 1. The Kier molecular flexibility index (Phi) is 4.00. The van der Waals surface area contributed by atoms with Crippen LogP contribution < -0.4 is 0 Å². The second-order valence-corrected chi connectivity index (χ2v) is 7.26. The summed E-state index contributed by atoms with van der Waals surface area (Å²) in [4.78, 5) is 7.29. The third kappa shape index (κ3) is 2.73. The fourth-order valence-electron chi connectivity index (χ4n) is 3.17. The molecule has 0 saturated carbocycles. The molecule has 0 N–H and O–H groups in total. The van der Waals surface area contributed by atoms with Crippen molar-refractivity contribution in [2.75, 3.05) is 6.54 Å². The molecule has 5 nitrogen and oxygen atoms in total. The second-order valence-electron chi connectivity index (χ2n) is 5.83. The Morgan fingerprint density at radius 1 is 1.35 bits per heavy atom. The lowest BCUT2D eigenvalue weighted by atomic mass is 10.2. The van der Waals surface area contributed by atoms with Crippen molar-refractivity contribution in [2.24, 2.45) is 0 Å². The highest BCUT2D eigenvalue weighted by Gasteiger charge is 2.29. The first-order valence-electron chi connectivity index (χ1n) is 7.98. The topological polar surface area (TPSA) is 38.9 Å². The number of para-hydroxylation sites is 1. The van der Waals surface area contributed by atoms with Gasteiger partial charge < -0.3 is 4.57 Å². The molecule has 4 rings (SSSR count). The Morgan fingerprint density at radius 3 is 3.00 bits per heavy atom. The van der Waals surface area contributed by atoms with Gasteiger partial charge in [-0.3, -0.25) is 4.90 Å². The van der Waals surface area contributed by atoms with Crippen LogP contribution in [-0.2, 0) is 13.2 Å². The van der Waals surface area contributed by atoms with Crippen molar-refractivity contribution in [3.05, 3.63) is 40.4 Å². The Morgan fingerprint density at radius 2 is 2.22 bits per heavy atom. The lowest BCUT2D eigenvalue weighted by molar-refractivity contribution is 0.189. The van der Waals surface area contributed by atoms with Gasteiger partial charge in [0, 0.05) is 13.1 Å². The van der Waals surface area contributed by atoms with Crippen molar-refractivity contribution in [3.8, 4) is 0 Å². The van der Waals surface area contributed by atoms with E-state index in [2.05, 4.69) is 41.2 Å². The molecular formula is C16H19N5S2. The van der Waals surface area contributed by atoms with E-state index in [1.54, 1.807) is 0 Å². The van der Waals surface area contributed by atoms with Gasteiger partial charge in [0.1, 0.15) is 11.3 Å². The van der Waals surface area contributed by atoms with Crippen LogP contribution in [0.2, 0.25) is 0 Å². The van der Waals surface area contributed by atoms with Crippen LogP contribution in [-0.4, -0.2) is 30.8 Å². The zero-order chi connectivity index (χ0) is 15.8. The highest BCUT2D eigenvalue weighted by Crippen LogP contribution is 2.36. The molecule has 1 saturated heterocycles.